The van der Waals surface area contributed by atoms with Crippen LogP contribution in [0, 0.1) is 0 Å². The number of sulfonamides is 1. The molecule has 2 aromatic carbocycles. The van der Waals surface area contributed by atoms with Crippen molar-refractivity contribution in [3.05, 3.63) is 77.4 Å². The lowest BCUT2D eigenvalue weighted by molar-refractivity contribution is 0.102. The maximum atomic E-state index is 12.6. The number of carbonyl (C=O) groups is 1. The molecule has 3 rings (SSSR count). The van der Waals surface area contributed by atoms with Crippen LogP contribution in [0.3, 0.4) is 0 Å². The van der Waals surface area contributed by atoms with Crippen LogP contribution in [0.1, 0.15) is 16.8 Å². The summed E-state index contributed by atoms with van der Waals surface area (Å²) in [5.41, 5.74) is 2.21. The van der Waals surface area contributed by atoms with Crippen molar-refractivity contribution in [3.8, 4) is 11.3 Å². The lowest BCUT2D eigenvalue weighted by Gasteiger charge is -2.10. The molecule has 0 saturated carbocycles. The Labute approximate surface area is 179 Å². The van der Waals surface area contributed by atoms with E-state index in [9.17, 15) is 13.2 Å². The summed E-state index contributed by atoms with van der Waals surface area (Å²) in [4.78, 5) is 16.9. The van der Waals surface area contributed by atoms with Gasteiger partial charge in [-0.05, 0) is 61.0 Å². The van der Waals surface area contributed by atoms with E-state index in [2.05, 4.69) is 15.0 Å². The number of carbonyl (C=O) groups excluding carboxylic acids is 1. The smallest absolute Gasteiger partial charge is 0.255 e. The highest BCUT2D eigenvalue weighted by atomic mass is 35.5. The van der Waals surface area contributed by atoms with Gasteiger partial charge in [0, 0.05) is 36.2 Å². The number of anilines is 1. The zero-order chi connectivity index (χ0) is 21.6. The molecule has 0 aliphatic heterocycles. The topological polar surface area (TPSA) is 108 Å². The van der Waals surface area contributed by atoms with E-state index in [0.29, 0.717) is 34.0 Å². The molecule has 0 fully saturated rings. The van der Waals surface area contributed by atoms with Crippen molar-refractivity contribution < 1.29 is 18.3 Å². The van der Waals surface area contributed by atoms with Crippen LogP contribution >= 0.6 is 11.6 Å². The fourth-order valence-electron chi connectivity index (χ4n) is 2.68. The van der Waals surface area contributed by atoms with Crippen molar-refractivity contribution in [2.75, 3.05) is 18.5 Å². The molecular weight excluding hydrogens is 426 g/mol. The van der Waals surface area contributed by atoms with Crippen molar-refractivity contribution in [1.29, 1.82) is 0 Å². The van der Waals surface area contributed by atoms with Gasteiger partial charge < -0.3 is 10.4 Å². The molecule has 0 saturated heterocycles. The summed E-state index contributed by atoms with van der Waals surface area (Å²) in [6.45, 7) is 0.0324. The molecule has 0 atom stereocenters. The molecule has 0 unspecified atom stereocenters. The van der Waals surface area contributed by atoms with Gasteiger partial charge in [0.15, 0.2) is 0 Å². The van der Waals surface area contributed by atoms with E-state index in [-0.39, 0.29) is 24.0 Å². The van der Waals surface area contributed by atoms with Crippen LogP contribution in [0.5, 0.6) is 0 Å². The zero-order valence-electron chi connectivity index (χ0n) is 15.9. The van der Waals surface area contributed by atoms with Crippen molar-refractivity contribution in [2.45, 2.75) is 11.3 Å². The second-order valence-corrected chi connectivity index (χ2v) is 8.54. The maximum Gasteiger partial charge on any atom is 0.255 e. The number of aliphatic hydroxyl groups excluding tert-OH is 1. The summed E-state index contributed by atoms with van der Waals surface area (Å²) >= 11 is 6.26. The molecule has 0 aliphatic rings. The summed E-state index contributed by atoms with van der Waals surface area (Å²) in [6.07, 6.45) is 1.98. The number of benzene rings is 2. The van der Waals surface area contributed by atoms with Gasteiger partial charge in [-0.1, -0.05) is 17.7 Å². The number of nitrogens with one attached hydrogen (secondary N) is 2. The lowest BCUT2D eigenvalue weighted by atomic mass is 10.1. The predicted molar refractivity (Wildman–Crippen MR) is 116 cm³/mol. The third-order valence-electron chi connectivity index (χ3n) is 4.22. The van der Waals surface area contributed by atoms with Crippen molar-refractivity contribution >= 4 is 33.2 Å². The van der Waals surface area contributed by atoms with Crippen LogP contribution in [-0.2, 0) is 10.0 Å². The monoisotopic (exact) mass is 445 g/mol. The average molecular weight is 446 g/mol. The Kier molecular flexibility index (Phi) is 7.17. The van der Waals surface area contributed by atoms with E-state index in [0.717, 1.165) is 0 Å². The molecule has 0 spiro atoms. The Morgan fingerprint density at radius 1 is 1.07 bits per heavy atom. The molecule has 156 valence electrons. The van der Waals surface area contributed by atoms with Gasteiger partial charge in [-0.3, -0.25) is 9.78 Å². The second kappa shape index (κ2) is 9.82. The maximum absolute atomic E-state index is 12.6. The number of halogens is 1. The highest BCUT2D eigenvalue weighted by molar-refractivity contribution is 7.89. The summed E-state index contributed by atoms with van der Waals surface area (Å²) in [5.74, 6) is -0.388. The highest BCUT2D eigenvalue weighted by Crippen LogP contribution is 2.29. The third-order valence-corrected chi connectivity index (χ3v) is 6.03. The van der Waals surface area contributed by atoms with Crippen molar-refractivity contribution in [1.82, 2.24) is 9.71 Å². The molecule has 0 bridgehead atoms. The lowest BCUT2D eigenvalue weighted by Crippen LogP contribution is -2.25. The molecule has 1 heterocycles. The Morgan fingerprint density at radius 3 is 2.50 bits per heavy atom. The molecule has 9 heteroatoms. The number of nitrogens with zero attached hydrogens (tertiary/aromatic N) is 1. The van der Waals surface area contributed by atoms with Gasteiger partial charge in [0.2, 0.25) is 10.0 Å². The minimum atomic E-state index is -3.69. The van der Waals surface area contributed by atoms with Crippen LogP contribution in [0.4, 0.5) is 5.69 Å². The number of rotatable bonds is 8. The molecule has 7 nitrogen and oxygen atoms in total. The summed E-state index contributed by atoms with van der Waals surface area (Å²) in [6, 6.07) is 16.1. The quantitative estimate of drug-likeness (QED) is 0.461. The van der Waals surface area contributed by atoms with Gasteiger partial charge in [-0.15, -0.1) is 0 Å². The molecule has 3 N–H and O–H groups in total. The van der Waals surface area contributed by atoms with Crippen LogP contribution in [-0.4, -0.2) is 37.6 Å². The van der Waals surface area contributed by atoms with Gasteiger partial charge in [0.25, 0.3) is 5.91 Å². The van der Waals surface area contributed by atoms with Gasteiger partial charge in [0.1, 0.15) is 0 Å². The predicted octanol–water partition coefficient (Wildman–Crippen LogP) is 3.32. The number of hydrogen-bond donors (Lipinski definition) is 3. The van der Waals surface area contributed by atoms with E-state index in [1.807, 2.05) is 12.1 Å². The van der Waals surface area contributed by atoms with Crippen LogP contribution in [0.25, 0.3) is 11.3 Å². The number of aromatic nitrogens is 1. The van der Waals surface area contributed by atoms with Crippen LogP contribution in [0.2, 0.25) is 5.02 Å². The SMILES string of the molecule is O=C(Nc1ccc(Cl)c(-c2ccccn2)c1)c1ccc(S(=O)(=O)NCCCO)cc1. The molecule has 0 radical (unpaired) electrons. The Bertz CT molecular complexity index is 1120. The molecule has 3 aromatic rings. The first kappa shape index (κ1) is 21.9. The van der Waals surface area contributed by atoms with Gasteiger partial charge in [-0.2, -0.15) is 0 Å². The van der Waals surface area contributed by atoms with Crippen molar-refractivity contribution in [3.63, 3.8) is 0 Å². The molecular formula is C21H20ClN3O4S. The average Bonchev–Trinajstić information content (AvgIpc) is 2.76. The summed E-state index contributed by atoms with van der Waals surface area (Å²) in [5, 5.41) is 12.0. The first-order valence-corrected chi connectivity index (χ1v) is 11.0. The standard InChI is InChI=1S/C21H20ClN3O4S/c22-19-10-7-16(14-18(19)20-4-1-2-11-23-20)25-21(27)15-5-8-17(9-6-15)30(28,29)24-12-3-13-26/h1-2,4-11,14,24,26H,3,12-13H2,(H,25,27). The normalized spacial score (nSPS) is 11.3. The highest BCUT2D eigenvalue weighted by Gasteiger charge is 2.15. The fourth-order valence-corrected chi connectivity index (χ4v) is 3.97. The number of amides is 1. The largest absolute Gasteiger partial charge is 0.396 e. The van der Waals surface area contributed by atoms with E-state index in [1.54, 1.807) is 30.5 Å². The minimum absolute atomic E-state index is 0.0425. The van der Waals surface area contributed by atoms with Gasteiger partial charge in [-0.25, -0.2) is 13.1 Å². The summed E-state index contributed by atoms with van der Waals surface area (Å²) in [7, 11) is -3.69. The van der Waals surface area contributed by atoms with Crippen LogP contribution in [0.15, 0.2) is 71.8 Å². The summed E-state index contributed by atoms with van der Waals surface area (Å²) < 4.78 is 26.7. The Balaban J connectivity index is 1.74. The molecule has 0 aliphatic carbocycles. The Morgan fingerprint density at radius 2 is 1.83 bits per heavy atom. The Hall–Kier alpha value is -2.78. The zero-order valence-corrected chi connectivity index (χ0v) is 17.4. The first-order valence-electron chi connectivity index (χ1n) is 9.13. The molecule has 1 amide bonds. The number of hydrogen-bond acceptors (Lipinski definition) is 5. The number of pyridine rings is 1. The molecule has 1 aromatic heterocycles. The van der Waals surface area contributed by atoms with E-state index >= 15 is 0 Å². The van der Waals surface area contributed by atoms with Crippen LogP contribution < -0.4 is 10.0 Å². The fraction of sp³-hybridized carbons (Fsp3) is 0.143. The van der Waals surface area contributed by atoms with Gasteiger partial charge in [0.05, 0.1) is 15.6 Å². The van der Waals surface area contributed by atoms with E-state index < -0.39 is 10.0 Å². The minimum Gasteiger partial charge on any atom is -0.396 e. The van der Waals surface area contributed by atoms with Crippen molar-refractivity contribution in [2.24, 2.45) is 0 Å². The third kappa shape index (κ3) is 5.43. The van der Waals surface area contributed by atoms with E-state index in [1.165, 1.54) is 24.3 Å². The second-order valence-electron chi connectivity index (χ2n) is 6.36. The van der Waals surface area contributed by atoms with Gasteiger partial charge >= 0.3 is 0 Å². The first-order chi connectivity index (χ1) is 14.4. The number of aliphatic hydroxyl groups is 1. The van der Waals surface area contributed by atoms with E-state index in [4.69, 9.17) is 16.7 Å². The molecule has 30 heavy (non-hydrogen) atoms.